The summed E-state index contributed by atoms with van der Waals surface area (Å²) in [6.45, 7) is 3.06. The van der Waals surface area contributed by atoms with Crippen molar-refractivity contribution in [2.24, 2.45) is 0 Å². The molecule has 170 valence electrons. The van der Waals surface area contributed by atoms with Crippen LogP contribution in [0.1, 0.15) is 57.3 Å². The van der Waals surface area contributed by atoms with Gasteiger partial charge in [0, 0.05) is 38.0 Å². The fourth-order valence-corrected chi connectivity index (χ4v) is 4.19. The van der Waals surface area contributed by atoms with Crippen molar-refractivity contribution in [2.45, 2.75) is 25.5 Å². The van der Waals surface area contributed by atoms with Crippen LogP contribution in [0.5, 0.6) is 0 Å². The van der Waals surface area contributed by atoms with Crippen LogP contribution in [0.3, 0.4) is 0 Å². The van der Waals surface area contributed by atoms with Gasteiger partial charge < -0.3 is 15.7 Å². The quantitative estimate of drug-likeness (QED) is 0.446. The summed E-state index contributed by atoms with van der Waals surface area (Å²) in [6.07, 6.45) is 0. The molecule has 1 aliphatic rings. The summed E-state index contributed by atoms with van der Waals surface area (Å²) in [6, 6.07) is 9.30. The van der Waals surface area contributed by atoms with Crippen LogP contribution in [0.4, 0.5) is 14.5 Å². The summed E-state index contributed by atoms with van der Waals surface area (Å²) >= 11 is 12.2. The highest BCUT2D eigenvalue weighted by Crippen LogP contribution is 2.41. The zero-order valence-corrected chi connectivity index (χ0v) is 19.0. The SMILES string of the molecule is CC(C)(O)c1cc(NC(=O)c2cc(F)cc(Cl)c2)c2c(c1)C(=O)N[C@@H]2c1cc(F)ccc1Cl. The summed E-state index contributed by atoms with van der Waals surface area (Å²) in [4.78, 5) is 25.7. The second-order valence-corrected chi connectivity index (χ2v) is 9.07. The van der Waals surface area contributed by atoms with Gasteiger partial charge in [-0.2, -0.15) is 0 Å². The Hall–Kier alpha value is -3.00. The summed E-state index contributed by atoms with van der Waals surface area (Å²) in [5, 5.41) is 16.2. The average Bonchev–Trinajstić information content (AvgIpc) is 3.05. The molecule has 0 spiro atoms. The lowest BCUT2D eigenvalue weighted by atomic mass is 9.90. The zero-order chi connectivity index (χ0) is 24.1. The largest absolute Gasteiger partial charge is 0.386 e. The number of carbonyl (C=O) groups excluding carboxylic acids is 2. The minimum absolute atomic E-state index is 0.0388. The topological polar surface area (TPSA) is 78.4 Å². The Kier molecular flexibility index (Phi) is 5.90. The molecule has 0 bridgehead atoms. The van der Waals surface area contributed by atoms with Gasteiger partial charge in [-0.05, 0) is 67.9 Å². The highest BCUT2D eigenvalue weighted by Gasteiger charge is 2.36. The number of halogens is 4. The van der Waals surface area contributed by atoms with E-state index in [1.165, 1.54) is 50.2 Å². The van der Waals surface area contributed by atoms with E-state index in [9.17, 15) is 23.5 Å². The number of amides is 2. The van der Waals surface area contributed by atoms with E-state index in [0.29, 0.717) is 16.7 Å². The lowest BCUT2D eigenvalue weighted by Crippen LogP contribution is -2.21. The van der Waals surface area contributed by atoms with Crippen LogP contribution >= 0.6 is 23.2 Å². The molecule has 0 unspecified atom stereocenters. The highest BCUT2D eigenvalue weighted by molar-refractivity contribution is 6.31. The molecular weight excluding hydrogens is 473 g/mol. The van der Waals surface area contributed by atoms with Gasteiger partial charge in [0.1, 0.15) is 11.6 Å². The van der Waals surface area contributed by atoms with Crippen LogP contribution in [0.15, 0.2) is 48.5 Å². The van der Waals surface area contributed by atoms with Gasteiger partial charge in [0.05, 0.1) is 11.6 Å². The molecule has 1 heterocycles. The number of benzene rings is 3. The molecule has 0 saturated carbocycles. The van der Waals surface area contributed by atoms with Gasteiger partial charge in [-0.3, -0.25) is 9.59 Å². The number of aliphatic hydroxyl groups is 1. The molecule has 4 rings (SSSR count). The third-order valence-electron chi connectivity index (χ3n) is 5.34. The third kappa shape index (κ3) is 4.57. The Morgan fingerprint density at radius 3 is 2.45 bits per heavy atom. The molecule has 1 atom stereocenters. The van der Waals surface area contributed by atoms with Gasteiger partial charge in [0.15, 0.2) is 0 Å². The molecule has 0 fully saturated rings. The number of fused-ring (bicyclic) bond motifs is 1. The number of hydrogen-bond acceptors (Lipinski definition) is 3. The summed E-state index contributed by atoms with van der Waals surface area (Å²) < 4.78 is 27.8. The van der Waals surface area contributed by atoms with Crippen LogP contribution in [0, 0.1) is 11.6 Å². The van der Waals surface area contributed by atoms with E-state index in [4.69, 9.17) is 23.2 Å². The van der Waals surface area contributed by atoms with Gasteiger partial charge in [-0.15, -0.1) is 0 Å². The molecule has 0 radical (unpaired) electrons. The smallest absolute Gasteiger partial charge is 0.255 e. The van der Waals surface area contributed by atoms with E-state index in [0.717, 1.165) is 12.1 Å². The number of carbonyl (C=O) groups is 2. The van der Waals surface area contributed by atoms with Gasteiger partial charge in [0.2, 0.25) is 0 Å². The maximum Gasteiger partial charge on any atom is 0.255 e. The molecular formula is C24H18Cl2F2N2O3. The fourth-order valence-electron chi connectivity index (χ4n) is 3.74. The molecule has 3 N–H and O–H groups in total. The first-order valence-electron chi connectivity index (χ1n) is 9.88. The van der Waals surface area contributed by atoms with E-state index in [1.807, 2.05) is 0 Å². The van der Waals surface area contributed by atoms with Crippen LogP contribution < -0.4 is 10.6 Å². The Morgan fingerprint density at radius 2 is 1.79 bits per heavy atom. The minimum Gasteiger partial charge on any atom is -0.386 e. The van der Waals surface area contributed by atoms with Gasteiger partial charge in [0.25, 0.3) is 11.8 Å². The summed E-state index contributed by atoms with van der Waals surface area (Å²) in [5.41, 5.74) is -0.0208. The van der Waals surface area contributed by atoms with Crippen molar-refractivity contribution >= 4 is 40.7 Å². The average molecular weight is 491 g/mol. The van der Waals surface area contributed by atoms with Gasteiger partial charge in [-0.25, -0.2) is 8.78 Å². The first kappa shape index (κ1) is 23.2. The van der Waals surface area contributed by atoms with E-state index < -0.39 is 35.1 Å². The Bertz CT molecular complexity index is 1290. The van der Waals surface area contributed by atoms with E-state index in [2.05, 4.69) is 10.6 Å². The molecule has 0 aromatic heterocycles. The number of hydrogen-bond donors (Lipinski definition) is 3. The maximum absolute atomic E-state index is 14.0. The molecule has 33 heavy (non-hydrogen) atoms. The molecule has 5 nitrogen and oxygen atoms in total. The van der Waals surface area contributed by atoms with Crippen molar-refractivity contribution in [1.29, 1.82) is 0 Å². The first-order valence-corrected chi connectivity index (χ1v) is 10.6. The standard InChI is InChI=1S/C24H18Cl2F2N2O3/c1-24(2,33)12-7-17-20(21(30-23(17)32)16-10-14(27)3-4-18(16)26)19(8-12)29-22(31)11-5-13(25)9-15(28)6-11/h3-10,21,33H,1-2H3,(H,29,31)(H,30,32)/t21-/m1/s1. The van der Waals surface area contributed by atoms with E-state index in [1.54, 1.807) is 0 Å². The molecule has 3 aromatic rings. The van der Waals surface area contributed by atoms with E-state index >= 15 is 0 Å². The molecule has 0 aliphatic carbocycles. The monoisotopic (exact) mass is 490 g/mol. The maximum atomic E-state index is 14.0. The molecule has 1 aliphatic heterocycles. The van der Waals surface area contributed by atoms with Crippen molar-refractivity contribution in [2.75, 3.05) is 5.32 Å². The second kappa shape index (κ2) is 8.41. The minimum atomic E-state index is -1.34. The number of rotatable bonds is 4. The molecule has 3 aromatic carbocycles. The Labute approximate surface area is 198 Å². The van der Waals surface area contributed by atoms with Crippen LogP contribution in [-0.2, 0) is 5.60 Å². The van der Waals surface area contributed by atoms with Gasteiger partial charge >= 0.3 is 0 Å². The highest BCUT2D eigenvalue weighted by atomic mass is 35.5. The van der Waals surface area contributed by atoms with Crippen molar-refractivity contribution in [1.82, 2.24) is 5.32 Å². The zero-order valence-electron chi connectivity index (χ0n) is 17.5. The van der Waals surface area contributed by atoms with Crippen molar-refractivity contribution in [3.63, 3.8) is 0 Å². The van der Waals surface area contributed by atoms with Gasteiger partial charge in [-0.1, -0.05) is 23.2 Å². The third-order valence-corrected chi connectivity index (χ3v) is 5.90. The second-order valence-electron chi connectivity index (χ2n) is 8.23. The predicted octanol–water partition coefficient (Wildman–Crippen LogP) is 5.58. The molecule has 2 amide bonds. The van der Waals surface area contributed by atoms with E-state index in [-0.39, 0.29) is 26.9 Å². The van der Waals surface area contributed by atoms with Crippen molar-refractivity contribution < 1.29 is 23.5 Å². The number of nitrogens with one attached hydrogen (secondary N) is 2. The summed E-state index contributed by atoms with van der Waals surface area (Å²) in [5.74, 6) is -2.41. The summed E-state index contributed by atoms with van der Waals surface area (Å²) in [7, 11) is 0. The van der Waals surface area contributed by atoms with Crippen LogP contribution in [0.2, 0.25) is 10.0 Å². The lowest BCUT2D eigenvalue weighted by molar-refractivity contribution is 0.0784. The van der Waals surface area contributed by atoms with Crippen LogP contribution in [0.25, 0.3) is 0 Å². The first-order chi connectivity index (χ1) is 15.4. The van der Waals surface area contributed by atoms with Crippen molar-refractivity contribution in [3.8, 4) is 0 Å². The Morgan fingerprint density at radius 1 is 1.06 bits per heavy atom. The number of anilines is 1. The molecule has 9 heteroatoms. The Balaban J connectivity index is 1.88. The fraction of sp³-hybridized carbons (Fsp3) is 0.167. The normalized spacial score (nSPS) is 15.2. The van der Waals surface area contributed by atoms with Crippen molar-refractivity contribution in [3.05, 3.63) is 98.0 Å². The lowest BCUT2D eigenvalue weighted by Gasteiger charge is -2.23. The molecule has 0 saturated heterocycles. The predicted molar refractivity (Wildman–Crippen MR) is 122 cm³/mol. The van der Waals surface area contributed by atoms with Crippen LogP contribution in [-0.4, -0.2) is 16.9 Å².